The molecule has 21 heavy (non-hydrogen) atoms. The highest BCUT2D eigenvalue weighted by molar-refractivity contribution is 9.09. The predicted octanol–water partition coefficient (Wildman–Crippen LogP) is 0.658. The Labute approximate surface area is 141 Å². The molecule has 3 atom stereocenters. The van der Waals surface area contributed by atoms with Crippen molar-refractivity contribution in [2.24, 2.45) is 5.73 Å². The van der Waals surface area contributed by atoms with Gasteiger partial charge in [-0.05, 0) is 17.6 Å². The number of halogens is 2. The molecule has 2 aliphatic rings. The average Bonchev–Trinajstić information content (AvgIpc) is 2.45. The Morgan fingerprint density at radius 3 is 2.86 bits per heavy atom. The van der Waals surface area contributed by atoms with Gasteiger partial charge in [0.15, 0.2) is 6.04 Å². The first-order valence-corrected chi connectivity index (χ1v) is 8.94. The molecule has 0 aromatic carbocycles. The first kappa shape index (κ1) is 18.8. The summed E-state index contributed by atoms with van der Waals surface area (Å²) in [5, 5.41) is -0.220. The Hall–Kier alpha value is -0.280. The summed E-state index contributed by atoms with van der Waals surface area (Å²) >= 11 is 2.00. The van der Waals surface area contributed by atoms with E-state index in [4.69, 9.17) is 10.5 Å². The summed E-state index contributed by atoms with van der Waals surface area (Å²) in [4.78, 5) is 25.3. The van der Waals surface area contributed by atoms with Crippen LogP contribution in [-0.2, 0) is 25.5 Å². The van der Waals surface area contributed by atoms with E-state index >= 15 is 0 Å². The second-order valence-electron chi connectivity index (χ2n) is 4.72. The van der Waals surface area contributed by atoms with Crippen molar-refractivity contribution in [2.45, 2.75) is 31.2 Å². The van der Waals surface area contributed by atoms with Crippen LogP contribution in [0.3, 0.4) is 0 Å². The number of rotatable bonds is 5. The highest BCUT2D eigenvalue weighted by atomic mass is 79.9. The number of unbranched alkanes of at least 4 members (excludes halogenated alkanes) is 1. The van der Waals surface area contributed by atoms with Gasteiger partial charge < -0.3 is 15.0 Å². The predicted molar refractivity (Wildman–Crippen MR) is 85.6 cm³/mol. The van der Waals surface area contributed by atoms with Crippen molar-refractivity contribution >= 4 is 51.4 Å². The molecular formula is C12H18BrClN2O4S. The quantitative estimate of drug-likeness (QED) is 0.240. The SMILES string of the molecule is CCCCOC(=O)C1=C(CBr)C[S+]([O-])[C@H]2[C@H](N)C(=O)N12.Cl. The molecule has 0 saturated carbocycles. The Kier molecular flexibility index (Phi) is 6.99. The van der Waals surface area contributed by atoms with Gasteiger partial charge in [-0.3, -0.25) is 9.69 Å². The molecule has 2 N–H and O–H groups in total. The third-order valence-corrected chi connectivity index (χ3v) is 5.68. The minimum Gasteiger partial charge on any atom is -0.614 e. The number of alkyl halides is 1. The van der Waals surface area contributed by atoms with Crippen molar-refractivity contribution in [1.29, 1.82) is 0 Å². The Morgan fingerprint density at radius 2 is 2.29 bits per heavy atom. The van der Waals surface area contributed by atoms with Gasteiger partial charge in [0, 0.05) is 10.9 Å². The molecule has 6 nitrogen and oxygen atoms in total. The zero-order valence-corrected chi connectivity index (χ0v) is 14.8. The molecule has 0 spiro atoms. The third kappa shape index (κ3) is 3.39. The van der Waals surface area contributed by atoms with Crippen molar-refractivity contribution in [3.05, 3.63) is 11.3 Å². The minimum atomic E-state index is -1.27. The summed E-state index contributed by atoms with van der Waals surface area (Å²) < 4.78 is 17.2. The fourth-order valence-corrected chi connectivity index (χ4v) is 4.59. The van der Waals surface area contributed by atoms with Gasteiger partial charge in [0.1, 0.15) is 11.4 Å². The number of hydrogen-bond acceptors (Lipinski definition) is 5. The molecule has 1 fully saturated rings. The van der Waals surface area contributed by atoms with Crippen LogP contribution >= 0.6 is 28.3 Å². The van der Waals surface area contributed by atoms with Crippen molar-refractivity contribution < 1.29 is 18.9 Å². The van der Waals surface area contributed by atoms with E-state index < -0.39 is 28.6 Å². The second kappa shape index (κ2) is 7.82. The topological polar surface area (TPSA) is 95.7 Å². The number of β-lactam (4-membered cyclic amide) rings is 1. The van der Waals surface area contributed by atoms with Crippen molar-refractivity contribution in [2.75, 3.05) is 17.7 Å². The van der Waals surface area contributed by atoms with Gasteiger partial charge in [-0.15, -0.1) is 12.4 Å². The van der Waals surface area contributed by atoms with Crippen LogP contribution in [0.1, 0.15) is 19.8 Å². The highest BCUT2D eigenvalue weighted by Gasteiger charge is 2.58. The van der Waals surface area contributed by atoms with Gasteiger partial charge in [0.25, 0.3) is 5.91 Å². The molecule has 0 aromatic heterocycles. The summed E-state index contributed by atoms with van der Waals surface area (Å²) in [6.07, 6.45) is 1.68. The number of hydrogen-bond donors (Lipinski definition) is 1. The summed E-state index contributed by atoms with van der Waals surface area (Å²) in [6.45, 7) is 2.31. The Balaban J connectivity index is 0.00000220. The van der Waals surface area contributed by atoms with Crippen LogP contribution in [0.2, 0.25) is 0 Å². The molecule has 120 valence electrons. The molecule has 1 unspecified atom stereocenters. The molecule has 1 saturated heterocycles. The van der Waals surface area contributed by atoms with E-state index in [1.54, 1.807) is 0 Å². The van der Waals surface area contributed by atoms with Crippen LogP contribution in [0.15, 0.2) is 11.3 Å². The van der Waals surface area contributed by atoms with E-state index in [1.165, 1.54) is 4.90 Å². The Morgan fingerprint density at radius 1 is 1.62 bits per heavy atom. The van der Waals surface area contributed by atoms with E-state index in [9.17, 15) is 14.1 Å². The maximum Gasteiger partial charge on any atom is 0.355 e. The van der Waals surface area contributed by atoms with Crippen LogP contribution < -0.4 is 5.73 Å². The number of amides is 1. The monoisotopic (exact) mass is 400 g/mol. The van der Waals surface area contributed by atoms with Gasteiger partial charge >= 0.3 is 5.97 Å². The molecule has 1 amide bonds. The van der Waals surface area contributed by atoms with Gasteiger partial charge in [0.2, 0.25) is 5.37 Å². The highest BCUT2D eigenvalue weighted by Crippen LogP contribution is 2.36. The van der Waals surface area contributed by atoms with Crippen molar-refractivity contribution in [1.82, 2.24) is 4.90 Å². The number of nitrogens with zero attached hydrogens (tertiary/aromatic N) is 1. The molecule has 2 heterocycles. The van der Waals surface area contributed by atoms with Crippen LogP contribution in [0.25, 0.3) is 0 Å². The summed E-state index contributed by atoms with van der Waals surface area (Å²) in [6, 6.07) is -0.786. The van der Waals surface area contributed by atoms with Crippen LogP contribution in [0.4, 0.5) is 0 Å². The maximum atomic E-state index is 12.2. The largest absolute Gasteiger partial charge is 0.614 e. The minimum absolute atomic E-state index is 0. The van der Waals surface area contributed by atoms with Crippen LogP contribution in [-0.4, -0.2) is 50.4 Å². The summed E-state index contributed by atoms with van der Waals surface area (Å²) in [5.74, 6) is -0.662. The van der Waals surface area contributed by atoms with E-state index in [2.05, 4.69) is 15.9 Å². The van der Waals surface area contributed by atoms with Gasteiger partial charge in [-0.1, -0.05) is 29.3 Å². The standard InChI is InChI=1S/C12H17BrN2O4S.ClH/c1-2-3-4-19-12(17)9-7(5-13)6-20(18)11-8(14)10(16)15(9)11;/h8,11H,2-6,14H2,1H3;1H/t8-,11+,20?;/m1./s1. The molecule has 0 aliphatic carbocycles. The summed E-state index contributed by atoms with van der Waals surface area (Å²) in [7, 11) is 0. The van der Waals surface area contributed by atoms with Crippen LogP contribution in [0, 0.1) is 0 Å². The molecule has 0 aromatic rings. The Bertz CT molecular complexity index is 463. The van der Waals surface area contributed by atoms with Crippen molar-refractivity contribution in [3.8, 4) is 0 Å². The number of carbonyl (C=O) groups is 2. The van der Waals surface area contributed by atoms with E-state index in [1.807, 2.05) is 6.92 Å². The van der Waals surface area contributed by atoms with Gasteiger partial charge in [-0.25, -0.2) is 4.79 Å². The smallest absolute Gasteiger partial charge is 0.355 e. The molecule has 9 heteroatoms. The van der Waals surface area contributed by atoms with Crippen LogP contribution in [0.5, 0.6) is 0 Å². The lowest BCUT2D eigenvalue weighted by Gasteiger charge is -2.47. The average molecular weight is 402 g/mol. The molecule has 2 aliphatic heterocycles. The van der Waals surface area contributed by atoms with E-state index in [-0.39, 0.29) is 29.8 Å². The number of fused-ring (bicyclic) bond motifs is 1. The fraction of sp³-hybridized carbons (Fsp3) is 0.667. The number of ether oxygens (including phenoxy) is 1. The fourth-order valence-electron chi connectivity index (χ4n) is 2.22. The maximum absolute atomic E-state index is 12.2. The normalized spacial score (nSPS) is 27.7. The number of nitrogens with two attached hydrogens (primary N) is 1. The second-order valence-corrected chi connectivity index (χ2v) is 6.82. The first-order chi connectivity index (χ1) is 9.52. The zero-order valence-electron chi connectivity index (χ0n) is 11.5. The lowest BCUT2D eigenvalue weighted by Crippen LogP contribution is -2.73. The summed E-state index contributed by atoms with van der Waals surface area (Å²) in [5.41, 5.74) is 6.51. The lowest BCUT2D eigenvalue weighted by atomic mass is 10.0. The molecule has 0 radical (unpaired) electrons. The van der Waals surface area contributed by atoms with E-state index in [0.717, 1.165) is 12.8 Å². The lowest BCUT2D eigenvalue weighted by molar-refractivity contribution is -0.151. The molecular weight excluding hydrogens is 384 g/mol. The van der Waals surface area contributed by atoms with Gasteiger partial charge in [0.05, 0.1) is 6.61 Å². The van der Waals surface area contributed by atoms with Gasteiger partial charge in [-0.2, -0.15) is 0 Å². The first-order valence-electron chi connectivity index (χ1n) is 6.43. The zero-order chi connectivity index (χ0) is 14.9. The van der Waals surface area contributed by atoms with E-state index in [0.29, 0.717) is 17.5 Å². The number of esters is 1. The molecule has 2 rings (SSSR count). The third-order valence-electron chi connectivity index (χ3n) is 3.33. The number of carbonyl (C=O) groups excluding carboxylic acids is 2. The molecule has 0 bridgehead atoms. The van der Waals surface area contributed by atoms with Crippen molar-refractivity contribution in [3.63, 3.8) is 0 Å².